The highest BCUT2D eigenvalue weighted by molar-refractivity contribution is 7.80. The molecule has 1 aromatic rings. The second kappa shape index (κ2) is 6.26. The maximum atomic E-state index is 11.5. The molecule has 1 aromatic heterocycles. The summed E-state index contributed by atoms with van der Waals surface area (Å²) in [6.45, 7) is 1.79. The summed E-state index contributed by atoms with van der Waals surface area (Å²) in [5.74, 6) is -1.66. The molecule has 0 saturated heterocycles. The predicted octanol–water partition coefficient (Wildman–Crippen LogP) is 0.805. The van der Waals surface area contributed by atoms with Crippen LogP contribution in [-0.4, -0.2) is 35.5 Å². The largest absolute Gasteiger partial charge is 0.460 e. The van der Waals surface area contributed by atoms with Gasteiger partial charge in [-0.1, -0.05) is 0 Å². The Balaban J connectivity index is 2.70. The van der Waals surface area contributed by atoms with Gasteiger partial charge in [-0.2, -0.15) is 0 Å². The van der Waals surface area contributed by atoms with Gasteiger partial charge in [-0.3, -0.25) is 4.79 Å². The third kappa shape index (κ3) is 3.75. The zero-order chi connectivity index (χ0) is 12.8. The fraction of sp³-hybridized carbons (Fsp3) is 0.333. The van der Waals surface area contributed by atoms with Crippen LogP contribution in [0.5, 0.6) is 0 Å². The number of thiazole rings is 1. The van der Waals surface area contributed by atoms with Crippen LogP contribution in [0.4, 0.5) is 5.13 Å². The summed E-state index contributed by atoms with van der Waals surface area (Å²) in [7, 11) is 1.66. The Kier molecular flexibility index (Phi) is 4.98. The number of ketones is 1. The van der Waals surface area contributed by atoms with E-state index in [0.717, 1.165) is 0 Å². The summed E-state index contributed by atoms with van der Waals surface area (Å²) >= 11 is 6.05. The van der Waals surface area contributed by atoms with Gasteiger partial charge in [0, 0.05) is 12.4 Å². The highest BCUT2D eigenvalue weighted by Gasteiger charge is 2.20. The molecular weight excluding hydrogens is 262 g/mol. The third-order valence-corrected chi connectivity index (χ3v) is 2.71. The molecule has 0 radical (unpaired) electrons. The van der Waals surface area contributed by atoms with E-state index in [1.54, 1.807) is 14.0 Å². The van der Waals surface area contributed by atoms with Crippen molar-refractivity contribution in [3.05, 3.63) is 11.1 Å². The first-order valence-electron chi connectivity index (χ1n) is 4.74. The summed E-state index contributed by atoms with van der Waals surface area (Å²) in [5.41, 5.74) is 0.0508. The first kappa shape index (κ1) is 13.5. The predicted molar refractivity (Wildman–Crippen MR) is 68.4 cm³/mol. The minimum absolute atomic E-state index is 0.0508. The lowest BCUT2D eigenvalue weighted by Crippen LogP contribution is -2.24. The molecule has 0 fully saturated rings. The second-order valence-electron chi connectivity index (χ2n) is 2.79. The van der Waals surface area contributed by atoms with Crippen molar-refractivity contribution < 1.29 is 14.3 Å². The molecule has 0 unspecified atom stereocenters. The van der Waals surface area contributed by atoms with Crippen LogP contribution in [0.1, 0.15) is 17.4 Å². The van der Waals surface area contributed by atoms with E-state index in [1.165, 1.54) is 16.7 Å². The van der Waals surface area contributed by atoms with E-state index in [1.807, 2.05) is 0 Å². The van der Waals surface area contributed by atoms with Crippen molar-refractivity contribution in [2.24, 2.45) is 0 Å². The second-order valence-corrected chi connectivity index (χ2v) is 4.06. The summed E-state index contributed by atoms with van der Waals surface area (Å²) in [4.78, 5) is 26.6. The smallest absolute Gasteiger partial charge is 0.381 e. The maximum absolute atomic E-state index is 11.5. The molecule has 0 aliphatic carbocycles. The molecule has 0 saturated carbocycles. The number of nitrogens with zero attached hydrogens (tertiary/aromatic N) is 1. The monoisotopic (exact) mass is 273 g/mol. The van der Waals surface area contributed by atoms with Gasteiger partial charge in [-0.15, -0.1) is 11.3 Å². The summed E-state index contributed by atoms with van der Waals surface area (Å²) in [6.07, 6.45) is 0. The van der Waals surface area contributed by atoms with E-state index >= 15 is 0 Å². The van der Waals surface area contributed by atoms with Crippen molar-refractivity contribution in [1.82, 2.24) is 10.3 Å². The number of hydrogen-bond acceptors (Lipinski definition) is 6. The molecule has 0 spiro atoms. The van der Waals surface area contributed by atoms with Gasteiger partial charge in [0.2, 0.25) is 0 Å². The number of aromatic nitrogens is 1. The molecular formula is C9H11N3O3S2. The van der Waals surface area contributed by atoms with Crippen LogP contribution >= 0.6 is 23.6 Å². The molecule has 0 aromatic carbocycles. The van der Waals surface area contributed by atoms with Gasteiger partial charge in [0.1, 0.15) is 5.69 Å². The number of rotatable bonds is 4. The quantitative estimate of drug-likeness (QED) is 0.363. The third-order valence-electron chi connectivity index (χ3n) is 1.65. The van der Waals surface area contributed by atoms with Crippen molar-refractivity contribution in [3.63, 3.8) is 0 Å². The lowest BCUT2D eigenvalue weighted by atomic mass is 10.3. The zero-order valence-electron chi connectivity index (χ0n) is 9.27. The highest BCUT2D eigenvalue weighted by Crippen LogP contribution is 2.15. The van der Waals surface area contributed by atoms with Crippen molar-refractivity contribution in [1.29, 1.82) is 0 Å². The van der Waals surface area contributed by atoms with Gasteiger partial charge < -0.3 is 15.4 Å². The fourth-order valence-corrected chi connectivity index (χ4v) is 1.75. The van der Waals surface area contributed by atoms with Gasteiger partial charge in [0.05, 0.1) is 6.61 Å². The number of hydrogen-bond donors (Lipinski definition) is 2. The van der Waals surface area contributed by atoms with Crippen LogP contribution < -0.4 is 10.6 Å². The normalized spacial score (nSPS) is 9.53. The number of carbonyl (C=O) groups is 2. The van der Waals surface area contributed by atoms with E-state index in [2.05, 4.69) is 20.4 Å². The highest BCUT2D eigenvalue weighted by atomic mass is 32.1. The van der Waals surface area contributed by atoms with Gasteiger partial charge >= 0.3 is 5.97 Å². The zero-order valence-corrected chi connectivity index (χ0v) is 10.9. The van der Waals surface area contributed by atoms with Crippen molar-refractivity contribution >= 4 is 45.6 Å². The molecule has 1 rings (SSSR count). The number of carbonyl (C=O) groups excluding carboxylic acids is 2. The van der Waals surface area contributed by atoms with Gasteiger partial charge in [0.25, 0.3) is 5.78 Å². The molecule has 6 nitrogen and oxygen atoms in total. The molecule has 17 heavy (non-hydrogen) atoms. The molecule has 92 valence electrons. The minimum Gasteiger partial charge on any atom is -0.460 e. The van der Waals surface area contributed by atoms with E-state index < -0.39 is 11.8 Å². The number of anilines is 1. The molecule has 0 atom stereocenters. The van der Waals surface area contributed by atoms with Crippen LogP contribution in [0.3, 0.4) is 0 Å². The summed E-state index contributed by atoms with van der Waals surface area (Å²) in [6, 6.07) is 0. The van der Waals surface area contributed by atoms with E-state index in [9.17, 15) is 9.59 Å². The number of Topliss-reactive ketones (excluding diaryl/α,β-unsaturated/α-hetero) is 1. The first-order chi connectivity index (χ1) is 8.08. The first-order valence-corrected chi connectivity index (χ1v) is 6.03. The fourth-order valence-electron chi connectivity index (χ4n) is 0.896. The number of esters is 1. The lowest BCUT2D eigenvalue weighted by molar-refractivity contribution is -0.137. The van der Waals surface area contributed by atoms with Crippen molar-refractivity contribution in [3.8, 4) is 0 Å². The molecule has 0 aliphatic rings. The lowest BCUT2D eigenvalue weighted by Gasteiger charge is -2.01. The average Bonchev–Trinajstić information content (AvgIpc) is 2.76. The summed E-state index contributed by atoms with van der Waals surface area (Å²) < 4.78 is 4.59. The minimum atomic E-state index is -0.902. The van der Waals surface area contributed by atoms with Gasteiger partial charge in [0.15, 0.2) is 10.2 Å². The van der Waals surface area contributed by atoms with Crippen molar-refractivity contribution in [2.45, 2.75) is 6.92 Å². The number of ether oxygens (including phenoxy) is 1. The number of nitrogens with one attached hydrogen (secondary N) is 2. The topological polar surface area (TPSA) is 80.3 Å². The van der Waals surface area contributed by atoms with Crippen molar-refractivity contribution in [2.75, 3.05) is 19.0 Å². The van der Waals surface area contributed by atoms with Crippen LogP contribution in [0.15, 0.2) is 5.38 Å². The molecule has 1 heterocycles. The van der Waals surface area contributed by atoms with E-state index in [-0.39, 0.29) is 12.3 Å². The Labute approximate surface area is 107 Å². The van der Waals surface area contributed by atoms with Crippen LogP contribution in [-0.2, 0) is 9.53 Å². The van der Waals surface area contributed by atoms with E-state index in [0.29, 0.717) is 10.2 Å². The average molecular weight is 273 g/mol. The molecule has 2 N–H and O–H groups in total. The van der Waals surface area contributed by atoms with Gasteiger partial charge in [-0.25, -0.2) is 9.78 Å². The molecule has 0 aliphatic heterocycles. The SMILES string of the molecule is CCOC(=O)C(=O)c1csc(NC(=S)NC)n1. The Morgan fingerprint density at radius 2 is 2.29 bits per heavy atom. The molecule has 0 bridgehead atoms. The summed E-state index contributed by atoms with van der Waals surface area (Å²) in [5, 5.41) is 7.76. The Bertz CT molecular complexity index is 444. The van der Waals surface area contributed by atoms with Crippen LogP contribution in [0.2, 0.25) is 0 Å². The Hall–Kier alpha value is -1.54. The maximum Gasteiger partial charge on any atom is 0.381 e. The van der Waals surface area contributed by atoms with Crippen LogP contribution in [0, 0.1) is 0 Å². The van der Waals surface area contributed by atoms with Gasteiger partial charge in [-0.05, 0) is 19.1 Å². The van der Waals surface area contributed by atoms with E-state index in [4.69, 9.17) is 12.2 Å². The number of thiocarbonyl (C=S) groups is 1. The standard InChI is InChI=1S/C9H11N3O3S2/c1-3-15-7(14)6(13)5-4-17-9(11-5)12-8(16)10-2/h4H,3H2,1-2H3,(H2,10,11,12,16). The Morgan fingerprint density at radius 1 is 1.59 bits per heavy atom. The molecule has 0 amide bonds. The Morgan fingerprint density at radius 3 is 2.88 bits per heavy atom. The van der Waals surface area contributed by atoms with Crippen LogP contribution in [0.25, 0.3) is 0 Å². The molecule has 8 heteroatoms.